The van der Waals surface area contributed by atoms with Crippen LogP contribution in [0.1, 0.15) is 28.9 Å². The summed E-state index contributed by atoms with van der Waals surface area (Å²) < 4.78 is 0. The van der Waals surface area contributed by atoms with E-state index in [1.807, 2.05) is 0 Å². The van der Waals surface area contributed by atoms with Crippen LogP contribution < -0.4 is 11.5 Å². The van der Waals surface area contributed by atoms with Gasteiger partial charge in [-0.15, -0.1) is 0 Å². The second-order valence-electron chi connectivity index (χ2n) is 2.75. The van der Waals surface area contributed by atoms with Crippen LogP contribution in [0.4, 0.5) is 0 Å². The fourth-order valence-electron chi connectivity index (χ4n) is 1.02. The molecule has 0 aliphatic rings. The van der Waals surface area contributed by atoms with Crippen molar-refractivity contribution >= 4 is 17.5 Å². The molecular weight excluding hydrogens is 190 g/mol. The van der Waals surface area contributed by atoms with Crippen molar-refractivity contribution < 1.29 is 4.79 Å². The number of hydrogen-bond donors (Lipinski definition) is 2. The first kappa shape index (κ1) is 9.95. The predicted molar refractivity (Wildman–Crippen MR) is 50.4 cm³/mol. The fourth-order valence-corrected chi connectivity index (χ4v) is 1.17. The van der Waals surface area contributed by atoms with Gasteiger partial charge >= 0.3 is 0 Å². The Hall–Kier alpha value is -1.13. The van der Waals surface area contributed by atoms with Gasteiger partial charge in [-0.05, 0) is 18.6 Å². The summed E-state index contributed by atoms with van der Waals surface area (Å²) in [4.78, 5) is 14.8. The highest BCUT2D eigenvalue weighted by atomic mass is 35.5. The monoisotopic (exact) mass is 199 g/mol. The normalized spacial score (nSPS) is 12.5. The summed E-state index contributed by atoms with van der Waals surface area (Å²) in [7, 11) is 0. The van der Waals surface area contributed by atoms with Crippen molar-refractivity contribution in [2.24, 2.45) is 11.5 Å². The molecule has 70 valence electrons. The summed E-state index contributed by atoms with van der Waals surface area (Å²) in [6, 6.07) is 1.13. The third-order valence-corrected chi connectivity index (χ3v) is 1.86. The molecule has 0 unspecified atom stereocenters. The smallest absolute Gasteiger partial charge is 0.249 e. The first-order chi connectivity index (χ1) is 6.02. The molecule has 1 aromatic heterocycles. The molecule has 0 aromatic carbocycles. The van der Waals surface area contributed by atoms with Gasteiger partial charge in [-0.2, -0.15) is 0 Å². The maximum Gasteiger partial charge on any atom is 0.249 e. The molecule has 1 amide bonds. The van der Waals surface area contributed by atoms with Gasteiger partial charge < -0.3 is 11.5 Å². The zero-order chi connectivity index (χ0) is 10.0. The van der Waals surface area contributed by atoms with Gasteiger partial charge in [0.2, 0.25) is 5.91 Å². The Kier molecular flexibility index (Phi) is 2.85. The molecule has 5 heteroatoms. The molecule has 4 N–H and O–H groups in total. The Labute approximate surface area is 80.9 Å². The highest BCUT2D eigenvalue weighted by Gasteiger charge is 2.12. The Balaban J connectivity index is 3.27. The molecule has 0 bridgehead atoms. The lowest BCUT2D eigenvalue weighted by atomic mass is 10.0. The Morgan fingerprint density at radius 3 is 2.77 bits per heavy atom. The molecule has 0 aliphatic heterocycles. The molecule has 1 heterocycles. The second kappa shape index (κ2) is 3.72. The van der Waals surface area contributed by atoms with Gasteiger partial charge in [0.05, 0.1) is 0 Å². The van der Waals surface area contributed by atoms with Crippen molar-refractivity contribution in [1.82, 2.24) is 4.98 Å². The minimum Gasteiger partial charge on any atom is -0.366 e. The molecule has 1 rings (SSSR count). The van der Waals surface area contributed by atoms with Crippen LogP contribution in [0, 0.1) is 0 Å². The Morgan fingerprint density at radius 2 is 2.31 bits per heavy atom. The number of rotatable bonds is 2. The van der Waals surface area contributed by atoms with Crippen LogP contribution in [0.2, 0.25) is 5.15 Å². The van der Waals surface area contributed by atoms with Crippen molar-refractivity contribution in [3.05, 3.63) is 28.5 Å². The largest absolute Gasteiger partial charge is 0.366 e. The summed E-state index contributed by atoms with van der Waals surface area (Å²) in [6.07, 6.45) is 1.47. The average Bonchev–Trinajstić information content (AvgIpc) is 2.03. The average molecular weight is 200 g/mol. The first-order valence-electron chi connectivity index (χ1n) is 3.73. The zero-order valence-corrected chi connectivity index (χ0v) is 7.88. The van der Waals surface area contributed by atoms with Gasteiger partial charge in [-0.1, -0.05) is 11.6 Å². The van der Waals surface area contributed by atoms with Gasteiger partial charge in [0.1, 0.15) is 5.15 Å². The van der Waals surface area contributed by atoms with Crippen molar-refractivity contribution in [1.29, 1.82) is 0 Å². The van der Waals surface area contributed by atoms with E-state index in [2.05, 4.69) is 4.98 Å². The standard InChI is InChI=1S/C8H10ClN3O/c1-4(10)6-3-12-7(9)2-5(6)8(11)13/h2-4H,10H2,1H3,(H2,11,13)/t4-/m0/s1. The quantitative estimate of drug-likeness (QED) is 0.693. The minimum atomic E-state index is -0.545. The predicted octanol–water partition coefficient (Wildman–Crippen LogP) is 0.854. The molecule has 4 nitrogen and oxygen atoms in total. The van der Waals surface area contributed by atoms with Crippen molar-refractivity contribution in [3.63, 3.8) is 0 Å². The maximum absolute atomic E-state index is 11.0. The van der Waals surface area contributed by atoms with Crippen molar-refractivity contribution in [2.75, 3.05) is 0 Å². The van der Waals surface area contributed by atoms with E-state index in [0.717, 1.165) is 0 Å². The lowest BCUT2D eigenvalue weighted by Crippen LogP contribution is -2.18. The van der Waals surface area contributed by atoms with Crippen LogP contribution >= 0.6 is 11.6 Å². The third kappa shape index (κ3) is 2.17. The van der Waals surface area contributed by atoms with Crippen molar-refractivity contribution in [3.8, 4) is 0 Å². The summed E-state index contributed by atoms with van der Waals surface area (Å²) in [6.45, 7) is 1.75. The van der Waals surface area contributed by atoms with E-state index < -0.39 is 5.91 Å². The van der Waals surface area contributed by atoms with Gasteiger partial charge in [-0.25, -0.2) is 4.98 Å². The van der Waals surface area contributed by atoms with E-state index in [1.165, 1.54) is 12.3 Å². The molecule has 0 fully saturated rings. The van der Waals surface area contributed by atoms with E-state index in [9.17, 15) is 4.79 Å². The summed E-state index contributed by atoms with van der Waals surface area (Å²) in [5.41, 5.74) is 11.7. The van der Waals surface area contributed by atoms with E-state index in [-0.39, 0.29) is 11.2 Å². The lowest BCUT2D eigenvalue weighted by Gasteiger charge is -2.09. The molecule has 0 aliphatic carbocycles. The number of carbonyl (C=O) groups excluding carboxylic acids is 1. The molecule has 0 saturated heterocycles. The molecular formula is C8H10ClN3O. The van der Waals surface area contributed by atoms with Crippen LogP contribution in [0.15, 0.2) is 12.3 Å². The minimum absolute atomic E-state index is 0.234. The molecule has 1 aromatic rings. The van der Waals surface area contributed by atoms with Gasteiger partial charge in [0.15, 0.2) is 0 Å². The molecule has 0 spiro atoms. The highest BCUT2D eigenvalue weighted by Crippen LogP contribution is 2.17. The summed E-state index contributed by atoms with van der Waals surface area (Å²) in [5, 5.41) is 0.234. The van der Waals surface area contributed by atoms with Crippen LogP contribution in [0.3, 0.4) is 0 Å². The summed E-state index contributed by atoms with van der Waals surface area (Å²) in [5.74, 6) is -0.545. The van der Waals surface area contributed by atoms with Crippen LogP contribution in [-0.4, -0.2) is 10.9 Å². The number of nitrogens with zero attached hydrogens (tertiary/aromatic N) is 1. The lowest BCUT2D eigenvalue weighted by molar-refractivity contribution is 0.0999. The first-order valence-corrected chi connectivity index (χ1v) is 4.11. The second-order valence-corrected chi connectivity index (χ2v) is 3.13. The molecule has 0 saturated carbocycles. The Bertz CT molecular complexity index is 338. The fraction of sp³-hybridized carbons (Fsp3) is 0.250. The molecule has 0 radical (unpaired) electrons. The van der Waals surface area contributed by atoms with E-state index in [1.54, 1.807) is 6.92 Å². The number of nitrogens with two attached hydrogens (primary N) is 2. The SMILES string of the molecule is C[C@H](N)c1cnc(Cl)cc1C(N)=O. The van der Waals surface area contributed by atoms with E-state index in [0.29, 0.717) is 11.1 Å². The number of carbonyl (C=O) groups is 1. The number of aromatic nitrogens is 1. The summed E-state index contributed by atoms with van der Waals surface area (Å²) >= 11 is 5.61. The number of amides is 1. The number of hydrogen-bond acceptors (Lipinski definition) is 3. The zero-order valence-electron chi connectivity index (χ0n) is 7.12. The maximum atomic E-state index is 11.0. The van der Waals surface area contributed by atoms with E-state index in [4.69, 9.17) is 23.1 Å². The Morgan fingerprint density at radius 1 is 1.69 bits per heavy atom. The van der Waals surface area contributed by atoms with Gasteiger partial charge in [-0.3, -0.25) is 4.79 Å². The van der Waals surface area contributed by atoms with Crippen molar-refractivity contribution in [2.45, 2.75) is 13.0 Å². The van der Waals surface area contributed by atoms with Gasteiger partial charge in [0.25, 0.3) is 0 Å². The van der Waals surface area contributed by atoms with Gasteiger partial charge in [0, 0.05) is 17.8 Å². The van der Waals surface area contributed by atoms with Crippen LogP contribution in [0.5, 0.6) is 0 Å². The number of primary amides is 1. The molecule has 13 heavy (non-hydrogen) atoms. The number of halogens is 1. The number of pyridine rings is 1. The third-order valence-electron chi connectivity index (χ3n) is 1.66. The topological polar surface area (TPSA) is 82.0 Å². The van der Waals surface area contributed by atoms with E-state index >= 15 is 0 Å². The van der Waals surface area contributed by atoms with Crippen LogP contribution in [0.25, 0.3) is 0 Å². The van der Waals surface area contributed by atoms with Crippen LogP contribution in [-0.2, 0) is 0 Å². The molecule has 1 atom stereocenters. The highest BCUT2D eigenvalue weighted by molar-refractivity contribution is 6.29.